The summed E-state index contributed by atoms with van der Waals surface area (Å²) in [7, 11) is 0. The van der Waals surface area contributed by atoms with E-state index in [-0.39, 0.29) is 17.7 Å². The van der Waals surface area contributed by atoms with Crippen LogP contribution in [0.2, 0.25) is 0 Å². The summed E-state index contributed by atoms with van der Waals surface area (Å²) in [6.07, 6.45) is 0. The van der Waals surface area contributed by atoms with Crippen LogP contribution >= 0.6 is 0 Å². The van der Waals surface area contributed by atoms with E-state index in [1.165, 1.54) is 94.3 Å². The highest BCUT2D eigenvalue weighted by Gasteiger charge is 2.52. The number of furan rings is 1. The average Bonchev–Trinajstić information content (AvgIpc) is 3.81. The number of hydrogen-bond donors (Lipinski definition) is 0. The summed E-state index contributed by atoms with van der Waals surface area (Å²) in [4.78, 5) is 2.62. The molecule has 0 amide bonds. The number of nitrogens with zero attached hydrogens (tertiary/aromatic N) is 2. The van der Waals surface area contributed by atoms with Crippen LogP contribution in [-0.2, 0) is 16.2 Å². The SMILES string of the molecule is CC(C)(C)c1ccc2c(c1)c1cc(C(C)(C)C)cc3c1n2B1c2cccc4c2N(c2ccccc2C4(c2ccccc2)c2ccccc2)c2cc4c(oc5ccccc54)c-3c21. The van der Waals surface area contributed by atoms with Gasteiger partial charge in [-0.25, -0.2) is 0 Å². The van der Waals surface area contributed by atoms with Gasteiger partial charge in [-0.05, 0) is 97.6 Å². The van der Waals surface area contributed by atoms with Crippen LogP contribution in [0.3, 0.4) is 0 Å². The van der Waals surface area contributed by atoms with Crippen LogP contribution in [0, 0.1) is 0 Å². The third-order valence-electron chi connectivity index (χ3n) is 14.3. The molecular formula is C57H45BN2O. The molecule has 0 spiro atoms. The summed E-state index contributed by atoms with van der Waals surface area (Å²) in [6, 6.07) is 62.0. The maximum Gasteiger partial charge on any atom is 0.333 e. The minimum Gasteiger partial charge on any atom is -0.455 e. The lowest BCUT2D eigenvalue weighted by molar-refractivity contribution is 0.590. The second-order valence-electron chi connectivity index (χ2n) is 19.7. The third kappa shape index (κ3) is 4.40. The van der Waals surface area contributed by atoms with Gasteiger partial charge in [0.25, 0.3) is 0 Å². The van der Waals surface area contributed by atoms with Crippen molar-refractivity contribution < 1.29 is 4.42 Å². The van der Waals surface area contributed by atoms with E-state index in [4.69, 9.17) is 4.42 Å². The van der Waals surface area contributed by atoms with Crippen LogP contribution in [0.5, 0.6) is 0 Å². The fourth-order valence-electron chi connectivity index (χ4n) is 11.6. The van der Waals surface area contributed by atoms with E-state index in [9.17, 15) is 0 Å². The van der Waals surface area contributed by atoms with Crippen LogP contribution < -0.4 is 15.8 Å². The lowest BCUT2D eigenvalue weighted by Gasteiger charge is -2.50. The van der Waals surface area contributed by atoms with E-state index < -0.39 is 5.41 Å². The van der Waals surface area contributed by atoms with Crippen LogP contribution in [0.4, 0.5) is 17.1 Å². The molecule has 13 rings (SSSR count). The minimum absolute atomic E-state index is 0.000721. The fraction of sp³-hybridized carbons (Fsp3) is 0.158. The monoisotopic (exact) mass is 784 g/mol. The molecule has 0 saturated carbocycles. The molecule has 4 heteroatoms. The molecule has 292 valence electrons. The summed E-state index contributed by atoms with van der Waals surface area (Å²) < 4.78 is 9.83. The van der Waals surface area contributed by atoms with Crippen LogP contribution in [0.1, 0.15) is 74.9 Å². The standard InChI is InChI=1S/C57H45BN2O/c1-55(2,3)36-28-29-46-39(30-36)40-31-37(56(4,5)6)32-42-50-51-48(33-41-38-22-13-16-27-49(38)61-54(41)50)59-47-26-15-14-23-43(47)57(34-18-9-7-10-19-34,35-20-11-8-12-21-35)44-24-17-25-45(53(44)59)58(51)60(46)52(40)42/h7-33H,1-6H3. The van der Waals surface area contributed by atoms with Crippen molar-refractivity contribution in [1.82, 2.24) is 4.48 Å². The summed E-state index contributed by atoms with van der Waals surface area (Å²) >= 11 is 0. The molecule has 0 aliphatic carbocycles. The van der Waals surface area contributed by atoms with Crippen molar-refractivity contribution in [2.75, 3.05) is 4.90 Å². The summed E-state index contributed by atoms with van der Waals surface area (Å²) in [5, 5.41) is 4.91. The quantitative estimate of drug-likeness (QED) is 0.163. The molecule has 0 unspecified atom stereocenters. The number of anilines is 3. The molecule has 8 aromatic carbocycles. The zero-order valence-electron chi connectivity index (χ0n) is 35.5. The maximum atomic E-state index is 7.12. The van der Waals surface area contributed by atoms with Gasteiger partial charge in [0.05, 0.1) is 11.1 Å². The Bertz CT molecular complexity index is 3470. The Hall–Kier alpha value is -6.78. The Morgan fingerprint density at radius 1 is 0.525 bits per heavy atom. The lowest BCUT2D eigenvalue weighted by Crippen LogP contribution is -2.58. The number of para-hydroxylation sites is 3. The van der Waals surface area contributed by atoms with E-state index in [2.05, 4.69) is 215 Å². The molecular weight excluding hydrogens is 739 g/mol. The first-order valence-corrected chi connectivity index (χ1v) is 21.8. The van der Waals surface area contributed by atoms with Gasteiger partial charge >= 0.3 is 6.85 Å². The first-order valence-electron chi connectivity index (χ1n) is 21.8. The predicted molar refractivity (Wildman–Crippen MR) is 257 cm³/mol. The first kappa shape index (κ1) is 35.0. The molecule has 0 N–H and O–H groups in total. The lowest BCUT2D eigenvalue weighted by atomic mass is 9.43. The highest BCUT2D eigenvalue weighted by atomic mass is 16.3. The van der Waals surface area contributed by atoms with Crippen molar-refractivity contribution >= 4 is 78.6 Å². The van der Waals surface area contributed by atoms with E-state index in [1.54, 1.807) is 0 Å². The Morgan fingerprint density at radius 3 is 1.92 bits per heavy atom. The van der Waals surface area contributed by atoms with Gasteiger partial charge in [-0.1, -0.05) is 163 Å². The molecule has 5 heterocycles. The average molecular weight is 785 g/mol. The van der Waals surface area contributed by atoms with Crippen LogP contribution in [0.15, 0.2) is 168 Å². The van der Waals surface area contributed by atoms with Crippen molar-refractivity contribution in [2.24, 2.45) is 0 Å². The topological polar surface area (TPSA) is 21.3 Å². The highest BCUT2D eigenvalue weighted by molar-refractivity contribution is 6.90. The molecule has 3 aliphatic heterocycles. The minimum atomic E-state index is -0.572. The van der Waals surface area contributed by atoms with E-state index in [0.717, 1.165) is 21.9 Å². The van der Waals surface area contributed by atoms with Gasteiger partial charge in [-0.15, -0.1) is 0 Å². The normalized spacial score (nSPS) is 14.8. The molecule has 61 heavy (non-hydrogen) atoms. The predicted octanol–water partition coefficient (Wildman–Crippen LogP) is 13.4. The first-order chi connectivity index (χ1) is 29.5. The molecule has 0 radical (unpaired) electrons. The van der Waals surface area contributed by atoms with Crippen molar-refractivity contribution in [3.8, 4) is 11.1 Å². The summed E-state index contributed by atoms with van der Waals surface area (Å²) in [6.45, 7) is 13.9. The molecule has 0 saturated heterocycles. The van der Waals surface area contributed by atoms with Gasteiger partial charge in [0.2, 0.25) is 0 Å². The largest absolute Gasteiger partial charge is 0.455 e. The number of rotatable bonds is 2. The van der Waals surface area contributed by atoms with Crippen LogP contribution in [0.25, 0.3) is 54.9 Å². The van der Waals surface area contributed by atoms with Crippen LogP contribution in [-0.4, -0.2) is 11.3 Å². The van der Waals surface area contributed by atoms with Gasteiger partial charge in [0, 0.05) is 55.1 Å². The second kappa shape index (κ2) is 11.7. The fourth-order valence-corrected chi connectivity index (χ4v) is 11.6. The second-order valence-corrected chi connectivity index (χ2v) is 19.7. The maximum absolute atomic E-state index is 7.12. The van der Waals surface area contributed by atoms with Crippen molar-refractivity contribution in [3.05, 3.63) is 197 Å². The molecule has 3 aliphatic rings. The number of benzene rings is 8. The van der Waals surface area contributed by atoms with E-state index in [0.29, 0.717) is 0 Å². The van der Waals surface area contributed by atoms with Crippen molar-refractivity contribution in [2.45, 2.75) is 57.8 Å². The third-order valence-corrected chi connectivity index (χ3v) is 14.3. The van der Waals surface area contributed by atoms with E-state index in [1.807, 2.05) is 0 Å². The van der Waals surface area contributed by atoms with Gasteiger partial charge in [0.1, 0.15) is 11.2 Å². The summed E-state index contributed by atoms with van der Waals surface area (Å²) in [5.74, 6) is 0. The molecule has 0 bridgehead atoms. The molecule has 2 aromatic heterocycles. The number of fused-ring (bicyclic) bond motifs is 13. The van der Waals surface area contributed by atoms with E-state index >= 15 is 0 Å². The van der Waals surface area contributed by atoms with Gasteiger partial charge in [-0.3, -0.25) is 0 Å². The number of hydrogen-bond acceptors (Lipinski definition) is 2. The Labute approximate surface area is 357 Å². The molecule has 3 nitrogen and oxygen atoms in total. The zero-order valence-corrected chi connectivity index (χ0v) is 35.5. The van der Waals surface area contributed by atoms with Crippen molar-refractivity contribution in [3.63, 3.8) is 0 Å². The Kier molecular flexibility index (Phi) is 6.74. The smallest absolute Gasteiger partial charge is 0.333 e. The number of aromatic nitrogens is 1. The van der Waals surface area contributed by atoms with Gasteiger partial charge in [0.15, 0.2) is 0 Å². The Balaban J connectivity index is 1.27. The molecule has 0 atom stereocenters. The zero-order chi connectivity index (χ0) is 41.2. The van der Waals surface area contributed by atoms with Gasteiger partial charge < -0.3 is 13.8 Å². The Morgan fingerprint density at radius 2 is 1.18 bits per heavy atom. The summed E-state index contributed by atoms with van der Waals surface area (Å²) in [5.41, 5.74) is 20.3. The van der Waals surface area contributed by atoms with Crippen molar-refractivity contribution in [1.29, 1.82) is 0 Å². The molecule has 0 fully saturated rings. The van der Waals surface area contributed by atoms with Gasteiger partial charge in [-0.2, -0.15) is 0 Å². The molecule has 10 aromatic rings. The highest BCUT2D eigenvalue weighted by Crippen LogP contribution is 2.59.